The van der Waals surface area contributed by atoms with Crippen molar-refractivity contribution < 1.29 is 28.2 Å². The Bertz CT molecular complexity index is 720. The zero-order valence-corrected chi connectivity index (χ0v) is 16.5. The maximum atomic E-state index is 13.8. The number of carbonyl (C=O) groups excluding carboxylic acids is 2. The number of amides is 1. The van der Waals surface area contributed by atoms with Crippen molar-refractivity contribution in [3.8, 4) is 0 Å². The van der Waals surface area contributed by atoms with Crippen LogP contribution in [-0.4, -0.2) is 42.2 Å². The van der Waals surface area contributed by atoms with Crippen LogP contribution in [0.25, 0.3) is 0 Å². The first-order valence-corrected chi connectivity index (χ1v) is 9.53. The molecule has 0 saturated carbocycles. The number of nitrogens with one attached hydrogen (secondary N) is 2. The third-order valence-electron chi connectivity index (χ3n) is 4.82. The predicted molar refractivity (Wildman–Crippen MR) is 101 cm³/mol. The van der Waals surface area contributed by atoms with Gasteiger partial charge in [-0.2, -0.15) is 0 Å². The van der Waals surface area contributed by atoms with E-state index in [0.717, 1.165) is 6.42 Å². The highest BCUT2D eigenvalue weighted by Gasteiger charge is 2.39. The topological polar surface area (TPSA) is 87.7 Å². The molecule has 1 atom stereocenters. The Balaban J connectivity index is 2.22. The van der Waals surface area contributed by atoms with Crippen molar-refractivity contribution in [1.29, 1.82) is 0 Å². The number of rotatable bonds is 7. The van der Waals surface area contributed by atoms with Crippen LogP contribution in [0.15, 0.2) is 34.6 Å². The van der Waals surface area contributed by atoms with Gasteiger partial charge in [0, 0.05) is 18.5 Å². The van der Waals surface area contributed by atoms with Crippen molar-refractivity contribution >= 4 is 11.9 Å². The van der Waals surface area contributed by atoms with Gasteiger partial charge in [0.15, 0.2) is 11.4 Å². The van der Waals surface area contributed by atoms with Crippen LogP contribution < -0.4 is 10.6 Å². The fourth-order valence-corrected chi connectivity index (χ4v) is 3.14. The van der Waals surface area contributed by atoms with E-state index in [0.29, 0.717) is 19.4 Å². The van der Waals surface area contributed by atoms with Crippen LogP contribution in [0.5, 0.6) is 0 Å². The third-order valence-corrected chi connectivity index (χ3v) is 4.82. The van der Waals surface area contributed by atoms with Gasteiger partial charge >= 0.3 is 5.97 Å². The monoisotopic (exact) mass is 398 g/mol. The molecule has 0 aromatic carbocycles. The predicted octanol–water partition coefficient (Wildman–Crippen LogP) is 3.13. The Kier molecular flexibility index (Phi) is 7.35. The second-order valence-corrected chi connectivity index (χ2v) is 7.75. The van der Waals surface area contributed by atoms with Crippen LogP contribution in [0.2, 0.25) is 0 Å². The number of carbonyl (C=O) groups is 2. The number of hydrogen-bond donors (Lipinski definition) is 3. The molecule has 1 aliphatic heterocycles. The molecule has 0 unspecified atom stereocenters. The standard InChI is InChI=1S/C20H28F2N2O4/c1-12(2)11-28-19(27)15(17(25)20(3)8-5-9-24-20)18(26)23-10-13-6-4-7-14(21)16(13)22/h6,12,24-25H,4-5,7-11H2,1-3H3,(H,23,26)/b17-15-/t20-/m1/s1. The van der Waals surface area contributed by atoms with E-state index in [-0.39, 0.29) is 31.1 Å². The summed E-state index contributed by atoms with van der Waals surface area (Å²) in [7, 11) is 0. The summed E-state index contributed by atoms with van der Waals surface area (Å²) in [4.78, 5) is 25.2. The Labute approximate surface area is 163 Å². The lowest BCUT2D eigenvalue weighted by Crippen LogP contribution is -2.42. The number of halogens is 2. The van der Waals surface area contributed by atoms with Crippen LogP contribution in [0.4, 0.5) is 8.78 Å². The fourth-order valence-electron chi connectivity index (χ4n) is 3.14. The van der Waals surface area contributed by atoms with Gasteiger partial charge in [-0.25, -0.2) is 13.6 Å². The average Bonchev–Trinajstić information content (AvgIpc) is 3.09. The Morgan fingerprint density at radius 2 is 2.11 bits per heavy atom. The van der Waals surface area contributed by atoms with Crippen LogP contribution in [0.3, 0.4) is 0 Å². The van der Waals surface area contributed by atoms with Crippen LogP contribution in [0, 0.1) is 5.92 Å². The molecule has 1 aliphatic carbocycles. The summed E-state index contributed by atoms with van der Waals surface area (Å²) in [5.74, 6) is -4.04. The summed E-state index contributed by atoms with van der Waals surface area (Å²) in [5, 5.41) is 16.2. The number of hydrogen-bond acceptors (Lipinski definition) is 5. The summed E-state index contributed by atoms with van der Waals surface area (Å²) < 4.78 is 32.4. The molecule has 0 bridgehead atoms. The minimum Gasteiger partial charge on any atom is -0.509 e. The fraction of sp³-hybridized carbons (Fsp3) is 0.600. The Morgan fingerprint density at radius 3 is 2.71 bits per heavy atom. The van der Waals surface area contributed by atoms with E-state index in [1.807, 2.05) is 13.8 Å². The second kappa shape index (κ2) is 9.32. The number of ether oxygens (including phenoxy) is 1. The molecule has 1 heterocycles. The molecule has 0 radical (unpaired) electrons. The van der Waals surface area contributed by atoms with Gasteiger partial charge in [0.05, 0.1) is 12.1 Å². The highest BCUT2D eigenvalue weighted by atomic mass is 19.2. The molecule has 3 N–H and O–H groups in total. The number of aliphatic hydroxyl groups excluding tert-OH is 1. The minimum atomic E-state index is -0.992. The summed E-state index contributed by atoms with van der Waals surface area (Å²) >= 11 is 0. The molecule has 0 aromatic heterocycles. The van der Waals surface area contributed by atoms with Gasteiger partial charge in [-0.15, -0.1) is 0 Å². The minimum absolute atomic E-state index is 0.0108. The molecule has 6 nitrogen and oxygen atoms in total. The van der Waals surface area contributed by atoms with Gasteiger partial charge in [0.2, 0.25) is 0 Å². The number of esters is 1. The lowest BCUT2D eigenvalue weighted by Gasteiger charge is -2.25. The van der Waals surface area contributed by atoms with Crippen molar-refractivity contribution in [2.24, 2.45) is 5.92 Å². The highest BCUT2D eigenvalue weighted by Crippen LogP contribution is 2.29. The van der Waals surface area contributed by atoms with Crippen molar-refractivity contribution in [3.63, 3.8) is 0 Å². The zero-order valence-electron chi connectivity index (χ0n) is 16.5. The lowest BCUT2D eigenvalue weighted by molar-refractivity contribution is -0.142. The van der Waals surface area contributed by atoms with Crippen molar-refractivity contribution in [2.75, 3.05) is 19.7 Å². The van der Waals surface area contributed by atoms with Gasteiger partial charge < -0.3 is 20.5 Å². The molecule has 28 heavy (non-hydrogen) atoms. The van der Waals surface area contributed by atoms with E-state index in [1.165, 1.54) is 6.08 Å². The summed E-state index contributed by atoms with van der Waals surface area (Å²) in [5.41, 5.74) is -1.43. The zero-order chi connectivity index (χ0) is 20.9. The van der Waals surface area contributed by atoms with Crippen molar-refractivity contribution in [1.82, 2.24) is 10.6 Å². The second-order valence-electron chi connectivity index (χ2n) is 7.75. The molecule has 2 aliphatic rings. The van der Waals surface area contributed by atoms with Gasteiger partial charge in [0.1, 0.15) is 11.6 Å². The first kappa shape index (κ1) is 22.1. The lowest BCUT2D eigenvalue weighted by atomic mass is 9.93. The highest BCUT2D eigenvalue weighted by molar-refractivity contribution is 6.17. The maximum absolute atomic E-state index is 13.8. The van der Waals surface area contributed by atoms with E-state index in [1.54, 1.807) is 6.92 Å². The molecular formula is C20H28F2N2O4. The van der Waals surface area contributed by atoms with Crippen LogP contribution in [-0.2, 0) is 14.3 Å². The molecule has 1 fully saturated rings. The van der Waals surface area contributed by atoms with Gasteiger partial charge in [-0.1, -0.05) is 19.9 Å². The van der Waals surface area contributed by atoms with Gasteiger partial charge in [-0.3, -0.25) is 4.79 Å². The smallest absolute Gasteiger partial charge is 0.347 e. The van der Waals surface area contributed by atoms with E-state index in [9.17, 15) is 23.5 Å². The largest absolute Gasteiger partial charge is 0.509 e. The number of allylic oxidation sites excluding steroid dienone is 2. The summed E-state index contributed by atoms with van der Waals surface area (Å²) in [6, 6.07) is 0. The molecule has 2 rings (SSSR count). The number of aliphatic hydroxyl groups is 1. The first-order chi connectivity index (χ1) is 13.2. The normalized spacial score (nSPS) is 23.4. The third kappa shape index (κ3) is 5.19. The van der Waals surface area contributed by atoms with Crippen LogP contribution in [0.1, 0.15) is 46.5 Å². The average molecular weight is 398 g/mol. The summed E-state index contributed by atoms with van der Waals surface area (Å²) in [6.07, 6.45) is 3.13. The molecule has 1 saturated heterocycles. The quantitative estimate of drug-likeness (QED) is 0.202. The molecule has 156 valence electrons. The molecule has 0 aromatic rings. The van der Waals surface area contributed by atoms with Crippen LogP contribution >= 0.6 is 0 Å². The van der Waals surface area contributed by atoms with Crippen molar-refractivity contribution in [3.05, 3.63) is 34.6 Å². The van der Waals surface area contributed by atoms with E-state index >= 15 is 0 Å². The van der Waals surface area contributed by atoms with Gasteiger partial charge in [-0.05, 0) is 38.6 Å². The van der Waals surface area contributed by atoms with Crippen molar-refractivity contribution in [2.45, 2.75) is 52.0 Å². The summed E-state index contributed by atoms with van der Waals surface area (Å²) in [6.45, 7) is 5.81. The van der Waals surface area contributed by atoms with E-state index in [2.05, 4.69) is 10.6 Å². The van der Waals surface area contributed by atoms with E-state index < -0.39 is 40.4 Å². The molecule has 0 spiro atoms. The Hall–Kier alpha value is -2.22. The molecule has 1 amide bonds. The maximum Gasteiger partial charge on any atom is 0.347 e. The molecular weight excluding hydrogens is 370 g/mol. The van der Waals surface area contributed by atoms with E-state index in [4.69, 9.17) is 4.74 Å². The SMILES string of the molecule is CC(C)COC(=O)/C(C(=O)NCC1=CCCC(F)=C1F)=C(\O)[C@@]1(C)CCCN1. The first-order valence-electron chi connectivity index (χ1n) is 9.53. The van der Waals surface area contributed by atoms with Gasteiger partial charge in [0.25, 0.3) is 5.91 Å². The Morgan fingerprint density at radius 1 is 1.39 bits per heavy atom. The molecule has 8 heteroatoms.